The van der Waals surface area contributed by atoms with Crippen molar-refractivity contribution in [1.82, 2.24) is 24.4 Å². The van der Waals surface area contributed by atoms with Crippen molar-refractivity contribution in [1.29, 1.82) is 0 Å². The van der Waals surface area contributed by atoms with Gasteiger partial charge in [0.15, 0.2) is 5.65 Å². The molecule has 5 rings (SSSR count). The Labute approximate surface area is 226 Å². The van der Waals surface area contributed by atoms with Crippen LogP contribution in [0.15, 0.2) is 36.5 Å². The molecule has 4 heterocycles. The highest BCUT2D eigenvalue weighted by Gasteiger charge is 2.19. The van der Waals surface area contributed by atoms with Crippen LogP contribution >= 0.6 is 11.6 Å². The molecule has 4 aromatic rings. The van der Waals surface area contributed by atoms with Gasteiger partial charge in [-0.15, -0.1) is 0 Å². The standard InChI is InChI=1S/C27H32ClN7O3/c1-16(15-36)30-24-22(28)13-29-27-25(24)32-26(33-27)21-11-17(2)35(18(21)3)20-6-4-5-19(12-20)31-23(37)14-34-7-9-38-10-8-34/h4-6,11-13,16,36H,7-10,14-15H2,1-3H3,(H,31,37)(H2,29,30,32,33)/t16-/m1/s1. The third kappa shape index (κ3) is 5.39. The molecule has 1 atom stereocenters. The van der Waals surface area contributed by atoms with Crippen LogP contribution in [0.1, 0.15) is 18.3 Å². The van der Waals surface area contributed by atoms with E-state index in [9.17, 15) is 9.90 Å². The van der Waals surface area contributed by atoms with E-state index in [0.717, 1.165) is 41.4 Å². The lowest BCUT2D eigenvalue weighted by molar-refractivity contribution is -0.118. The summed E-state index contributed by atoms with van der Waals surface area (Å²) in [5.74, 6) is 0.628. The molecule has 4 N–H and O–H groups in total. The number of H-pyrrole nitrogens is 1. The third-order valence-corrected chi connectivity index (χ3v) is 6.97. The first kappa shape index (κ1) is 26.2. The molecular weight excluding hydrogens is 506 g/mol. The number of benzene rings is 1. The topological polar surface area (TPSA) is 120 Å². The number of rotatable bonds is 8. The van der Waals surface area contributed by atoms with Gasteiger partial charge in [-0.1, -0.05) is 17.7 Å². The molecule has 1 aliphatic rings. The van der Waals surface area contributed by atoms with Crippen molar-refractivity contribution in [3.63, 3.8) is 0 Å². The molecule has 0 unspecified atom stereocenters. The Morgan fingerprint density at radius 1 is 1.26 bits per heavy atom. The lowest BCUT2D eigenvalue weighted by Gasteiger charge is -2.25. The lowest BCUT2D eigenvalue weighted by atomic mass is 10.2. The van der Waals surface area contributed by atoms with E-state index in [1.807, 2.05) is 45.0 Å². The number of carbonyl (C=O) groups is 1. The Balaban J connectivity index is 1.42. The van der Waals surface area contributed by atoms with Crippen LogP contribution in [0.25, 0.3) is 28.2 Å². The fourth-order valence-corrected chi connectivity index (χ4v) is 4.98. The number of halogens is 1. The number of nitrogens with one attached hydrogen (secondary N) is 3. The van der Waals surface area contributed by atoms with Crippen molar-refractivity contribution >= 4 is 40.0 Å². The number of imidazole rings is 1. The summed E-state index contributed by atoms with van der Waals surface area (Å²) in [6, 6.07) is 9.70. The van der Waals surface area contributed by atoms with Gasteiger partial charge in [-0.3, -0.25) is 9.69 Å². The number of aromatic nitrogens is 4. The molecule has 1 aromatic carbocycles. The van der Waals surface area contributed by atoms with Crippen LogP contribution in [0, 0.1) is 13.8 Å². The number of nitrogens with zero attached hydrogens (tertiary/aromatic N) is 4. The Morgan fingerprint density at radius 2 is 2.05 bits per heavy atom. The molecule has 1 fully saturated rings. The number of aromatic amines is 1. The Bertz CT molecular complexity index is 1460. The SMILES string of the molecule is Cc1cc(-c2nc3ncc(Cl)c(N[C@H](C)CO)c3[nH]2)c(C)n1-c1cccc(NC(=O)CN2CCOCC2)c1. The van der Waals surface area contributed by atoms with Crippen molar-refractivity contribution in [3.8, 4) is 17.1 Å². The van der Waals surface area contributed by atoms with Crippen LogP contribution in [-0.2, 0) is 9.53 Å². The van der Waals surface area contributed by atoms with Gasteiger partial charge in [-0.05, 0) is 45.0 Å². The van der Waals surface area contributed by atoms with Gasteiger partial charge in [0.05, 0.1) is 43.3 Å². The third-order valence-electron chi connectivity index (χ3n) is 6.68. The minimum atomic E-state index is -0.184. The molecule has 0 radical (unpaired) electrons. The van der Waals surface area contributed by atoms with Gasteiger partial charge in [0.25, 0.3) is 0 Å². The minimum absolute atomic E-state index is 0.0327. The predicted molar refractivity (Wildman–Crippen MR) is 149 cm³/mol. The predicted octanol–water partition coefficient (Wildman–Crippen LogP) is 3.75. The molecule has 1 saturated heterocycles. The number of aliphatic hydroxyl groups excluding tert-OH is 1. The van der Waals surface area contributed by atoms with E-state index in [4.69, 9.17) is 21.3 Å². The fourth-order valence-electron chi connectivity index (χ4n) is 4.78. The molecule has 0 saturated carbocycles. The number of hydrogen-bond donors (Lipinski definition) is 4. The van der Waals surface area contributed by atoms with Crippen LogP contribution in [0.5, 0.6) is 0 Å². The summed E-state index contributed by atoms with van der Waals surface area (Å²) in [6.07, 6.45) is 1.56. The molecule has 1 aliphatic heterocycles. The van der Waals surface area contributed by atoms with Crippen molar-refractivity contribution in [2.75, 3.05) is 50.1 Å². The van der Waals surface area contributed by atoms with Gasteiger partial charge in [0, 0.05) is 47.5 Å². The molecule has 38 heavy (non-hydrogen) atoms. The summed E-state index contributed by atoms with van der Waals surface area (Å²) in [4.78, 5) is 27.2. The molecular formula is C27H32ClN7O3. The monoisotopic (exact) mass is 537 g/mol. The molecule has 11 heteroatoms. The van der Waals surface area contributed by atoms with Crippen molar-refractivity contribution in [2.45, 2.75) is 26.8 Å². The number of ether oxygens (including phenoxy) is 1. The molecule has 0 spiro atoms. The highest BCUT2D eigenvalue weighted by atomic mass is 35.5. The van der Waals surface area contributed by atoms with Gasteiger partial charge in [-0.2, -0.15) is 0 Å². The van der Waals surface area contributed by atoms with Gasteiger partial charge < -0.3 is 30.0 Å². The number of amides is 1. The molecule has 10 nitrogen and oxygen atoms in total. The molecule has 0 aliphatic carbocycles. The number of fused-ring (bicyclic) bond motifs is 1. The van der Waals surface area contributed by atoms with Crippen LogP contribution in [0.3, 0.4) is 0 Å². The second-order valence-electron chi connectivity index (χ2n) is 9.60. The summed E-state index contributed by atoms with van der Waals surface area (Å²) >= 11 is 6.41. The van der Waals surface area contributed by atoms with E-state index in [2.05, 4.69) is 36.1 Å². The van der Waals surface area contributed by atoms with E-state index in [1.165, 1.54) is 0 Å². The maximum absolute atomic E-state index is 12.6. The Morgan fingerprint density at radius 3 is 2.82 bits per heavy atom. The first-order valence-electron chi connectivity index (χ1n) is 12.7. The van der Waals surface area contributed by atoms with Crippen molar-refractivity contribution < 1.29 is 14.6 Å². The van der Waals surface area contributed by atoms with Crippen LogP contribution in [0.2, 0.25) is 5.02 Å². The first-order valence-corrected chi connectivity index (χ1v) is 13.0. The van der Waals surface area contributed by atoms with Crippen LogP contribution in [0.4, 0.5) is 11.4 Å². The number of carbonyl (C=O) groups excluding carboxylic acids is 1. The molecule has 0 bridgehead atoms. The minimum Gasteiger partial charge on any atom is -0.394 e. The van der Waals surface area contributed by atoms with E-state index >= 15 is 0 Å². The van der Waals surface area contributed by atoms with Crippen LogP contribution in [-0.4, -0.2) is 80.9 Å². The number of hydrogen-bond acceptors (Lipinski definition) is 7. The molecule has 200 valence electrons. The van der Waals surface area contributed by atoms with E-state index in [1.54, 1.807) is 6.20 Å². The first-order chi connectivity index (χ1) is 18.3. The van der Waals surface area contributed by atoms with E-state index in [0.29, 0.717) is 47.5 Å². The molecule has 1 amide bonds. The quantitative estimate of drug-likeness (QED) is 0.270. The number of aryl methyl sites for hydroxylation is 1. The van der Waals surface area contributed by atoms with Crippen molar-refractivity contribution in [3.05, 3.63) is 52.9 Å². The Kier molecular flexibility index (Phi) is 7.66. The number of pyridine rings is 1. The normalized spacial score (nSPS) is 15.1. The largest absolute Gasteiger partial charge is 0.394 e. The summed E-state index contributed by atoms with van der Waals surface area (Å²) in [7, 11) is 0. The summed E-state index contributed by atoms with van der Waals surface area (Å²) in [5.41, 5.74) is 6.49. The maximum Gasteiger partial charge on any atom is 0.238 e. The lowest BCUT2D eigenvalue weighted by Crippen LogP contribution is -2.41. The second kappa shape index (κ2) is 11.1. The van der Waals surface area contributed by atoms with E-state index < -0.39 is 0 Å². The zero-order valence-electron chi connectivity index (χ0n) is 21.7. The number of aliphatic hydroxyl groups is 1. The summed E-state index contributed by atoms with van der Waals surface area (Å²) in [5, 5.41) is 16.2. The fraction of sp³-hybridized carbons (Fsp3) is 0.370. The van der Waals surface area contributed by atoms with E-state index in [-0.39, 0.29) is 18.6 Å². The highest BCUT2D eigenvalue weighted by molar-refractivity contribution is 6.34. The van der Waals surface area contributed by atoms with Crippen molar-refractivity contribution in [2.24, 2.45) is 0 Å². The Hall–Kier alpha value is -3.44. The maximum atomic E-state index is 12.6. The highest BCUT2D eigenvalue weighted by Crippen LogP contribution is 2.33. The zero-order chi connectivity index (χ0) is 26.8. The summed E-state index contributed by atoms with van der Waals surface area (Å²) in [6.45, 7) is 9.09. The summed E-state index contributed by atoms with van der Waals surface area (Å²) < 4.78 is 7.50. The van der Waals surface area contributed by atoms with Gasteiger partial charge in [-0.25, -0.2) is 9.97 Å². The van der Waals surface area contributed by atoms with Crippen LogP contribution < -0.4 is 10.6 Å². The second-order valence-corrected chi connectivity index (χ2v) is 10.0. The average molecular weight is 538 g/mol. The average Bonchev–Trinajstić information content (AvgIpc) is 3.46. The zero-order valence-corrected chi connectivity index (χ0v) is 22.5. The smallest absolute Gasteiger partial charge is 0.238 e. The number of morpholine rings is 1. The van der Waals surface area contributed by atoms with Gasteiger partial charge in [0.1, 0.15) is 11.3 Å². The van der Waals surface area contributed by atoms with Gasteiger partial charge in [0.2, 0.25) is 5.91 Å². The molecule has 3 aromatic heterocycles. The van der Waals surface area contributed by atoms with Gasteiger partial charge >= 0.3 is 0 Å². The number of anilines is 2.